The number of piperidine rings is 1. The molecule has 1 saturated heterocycles. The highest BCUT2D eigenvalue weighted by atomic mass is 35.5. The van der Waals surface area contributed by atoms with Crippen LogP contribution < -0.4 is 5.32 Å². The molecule has 4 aromatic rings. The molecule has 5 nitrogen and oxygen atoms in total. The van der Waals surface area contributed by atoms with Crippen LogP contribution in [0.1, 0.15) is 46.1 Å². The Balaban J connectivity index is 1.21. The van der Waals surface area contributed by atoms with E-state index in [0.29, 0.717) is 5.56 Å². The molecular formula is C30H28ClFN4O. The molecule has 1 N–H and O–H groups in total. The van der Waals surface area contributed by atoms with Crippen molar-refractivity contribution in [3.63, 3.8) is 0 Å². The van der Waals surface area contributed by atoms with Crippen molar-refractivity contribution in [2.45, 2.75) is 32.2 Å². The monoisotopic (exact) mass is 514 g/mol. The Morgan fingerprint density at radius 2 is 1.68 bits per heavy atom. The normalized spacial score (nSPS) is 14.5. The number of aryl methyl sites for hydroxylation is 1. The van der Waals surface area contributed by atoms with Gasteiger partial charge in [-0.15, -0.1) is 0 Å². The molecule has 1 amide bonds. The van der Waals surface area contributed by atoms with Gasteiger partial charge < -0.3 is 5.32 Å². The largest absolute Gasteiger partial charge is 0.320 e. The predicted octanol–water partition coefficient (Wildman–Crippen LogP) is 6.88. The smallest absolute Gasteiger partial charge is 0.255 e. The number of aromatic nitrogens is 2. The zero-order chi connectivity index (χ0) is 25.8. The summed E-state index contributed by atoms with van der Waals surface area (Å²) in [7, 11) is 0. The van der Waals surface area contributed by atoms with Gasteiger partial charge in [-0.05, 0) is 85.9 Å². The van der Waals surface area contributed by atoms with Crippen molar-refractivity contribution in [3.05, 3.63) is 112 Å². The minimum atomic E-state index is -0.224. The predicted molar refractivity (Wildman–Crippen MR) is 145 cm³/mol. The minimum absolute atomic E-state index is 0.224. The first kappa shape index (κ1) is 25.1. The van der Waals surface area contributed by atoms with Crippen molar-refractivity contribution in [1.29, 1.82) is 0 Å². The Labute approximate surface area is 221 Å². The van der Waals surface area contributed by atoms with Crippen LogP contribution in [0.3, 0.4) is 0 Å². The van der Waals surface area contributed by atoms with Crippen LogP contribution in [0, 0.1) is 12.7 Å². The van der Waals surface area contributed by atoms with Gasteiger partial charge in [0.15, 0.2) is 0 Å². The lowest BCUT2D eigenvalue weighted by Gasteiger charge is -2.32. The summed E-state index contributed by atoms with van der Waals surface area (Å²) in [6.45, 7) is 4.76. The van der Waals surface area contributed by atoms with Crippen LogP contribution >= 0.6 is 11.6 Å². The highest BCUT2D eigenvalue weighted by molar-refractivity contribution is 6.29. The molecule has 0 aliphatic carbocycles. The van der Waals surface area contributed by atoms with Gasteiger partial charge in [-0.25, -0.2) is 9.37 Å². The van der Waals surface area contributed by atoms with E-state index in [2.05, 4.69) is 39.5 Å². The molecule has 0 unspecified atom stereocenters. The highest BCUT2D eigenvalue weighted by Crippen LogP contribution is 2.33. The van der Waals surface area contributed by atoms with Crippen LogP contribution in [0.25, 0.3) is 11.1 Å². The number of pyridine rings is 2. The van der Waals surface area contributed by atoms with Gasteiger partial charge in [-0.1, -0.05) is 48.0 Å². The van der Waals surface area contributed by atoms with Gasteiger partial charge >= 0.3 is 0 Å². The second-order valence-electron chi connectivity index (χ2n) is 9.46. The van der Waals surface area contributed by atoms with Gasteiger partial charge in [0.05, 0.1) is 11.4 Å². The summed E-state index contributed by atoms with van der Waals surface area (Å²) in [5, 5.41) is 3.31. The summed E-state index contributed by atoms with van der Waals surface area (Å²) in [5.74, 6) is -0.177. The number of benzene rings is 2. The molecule has 1 aliphatic rings. The number of hydrogen-bond donors (Lipinski definition) is 1. The Morgan fingerprint density at radius 3 is 2.35 bits per heavy atom. The van der Waals surface area contributed by atoms with Crippen molar-refractivity contribution in [1.82, 2.24) is 14.9 Å². The van der Waals surface area contributed by atoms with Crippen LogP contribution in [0.4, 0.5) is 10.1 Å². The maximum absolute atomic E-state index is 13.2. The van der Waals surface area contributed by atoms with Crippen molar-refractivity contribution >= 4 is 23.2 Å². The molecule has 3 heterocycles. The Bertz CT molecular complexity index is 1380. The lowest BCUT2D eigenvalue weighted by molar-refractivity contribution is 0.102. The van der Waals surface area contributed by atoms with E-state index >= 15 is 0 Å². The third-order valence-electron chi connectivity index (χ3n) is 6.81. The Morgan fingerprint density at radius 1 is 1.00 bits per heavy atom. The van der Waals surface area contributed by atoms with E-state index < -0.39 is 0 Å². The molecule has 0 bridgehead atoms. The number of hydrogen-bond acceptors (Lipinski definition) is 4. The molecule has 1 aliphatic heterocycles. The Hall–Kier alpha value is -3.61. The van der Waals surface area contributed by atoms with E-state index in [-0.39, 0.29) is 22.8 Å². The summed E-state index contributed by atoms with van der Waals surface area (Å²) in [6.07, 6.45) is 3.46. The summed E-state index contributed by atoms with van der Waals surface area (Å²) >= 11 is 5.96. The van der Waals surface area contributed by atoms with Gasteiger partial charge in [0.2, 0.25) is 0 Å². The third-order valence-corrected chi connectivity index (χ3v) is 7.02. The lowest BCUT2D eigenvalue weighted by atomic mass is 9.91. The molecule has 1 fully saturated rings. The standard InChI is InChI=1S/C30H28ClFN4O/c1-20-2-11-27(35-30(37)25-12-15-33-28(31)18-25)29(34-20)24-13-16-36(17-14-24)19-21-3-5-22(6-4-21)23-7-9-26(32)10-8-23/h2-12,15,18,24H,13-14,16-17,19H2,1H3,(H,35,37). The Kier molecular flexibility index (Phi) is 7.58. The first-order valence-corrected chi connectivity index (χ1v) is 12.8. The highest BCUT2D eigenvalue weighted by Gasteiger charge is 2.25. The maximum atomic E-state index is 13.2. The maximum Gasteiger partial charge on any atom is 0.255 e. The van der Waals surface area contributed by atoms with Crippen molar-refractivity contribution < 1.29 is 9.18 Å². The van der Waals surface area contributed by atoms with Crippen LogP contribution in [0.5, 0.6) is 0 Å². The van der Waals surface area contributed by atoms with E-state index in [1.807, 2.05) is 19.1 Å². The fourth-order valence-corrected chi connectivity index (χ4v) is 4.97. The number of amides is 1. The zero-order valence-corrected chi connectivity index (χ0v) is 21.4. The van der Waals surface area contributed by atoms with E-state index in [1.165, 1.54) is 23.9 Å². The number of likely N-dealkylation sites (tertiary alicyclic amines) is 1. The van der Waals surface area contributed by atoms with Gasteiger partial charge in [-0.3, -0.25) is 14.7 Å². The average Bonchev–Trinajstić information content (AvgIpc) is 2.91. The van der Waals surface area contributed by atoms with Crippen molar-refractivity contribution in [3.8, 4) is 11.1 Å². The molecule has 7 heteroatoms. The summed E-state index contributed by atoms with van der Waals surface area (Å²) in [4.78, 5) is 24.0. The van der Waals surface area contributed by atoms with Crippen molar-refractivity contribution in [2.75, 3.05) is 18.4 Å². The van der Waals surface area contributed by atoms with Crippen LogP contribution in [0.2, 0.25) is 5.15 Å². The topological polar surface area (TPSA) is 58.1 Å². The molecule has 5 rings (SSSR count). The van der Waals surface area contributed by atoms with Crippen LogP contribution in [0.15, 0.2) is 79.0 Å². The molecule has 2 aromatic carbocycles. The first-order chi connectivity index (χ1) is 17.9. The third kappa shape index (κ3) is 6.21. The van der Waals surface area contributed by atoms with Gasteiger partial charge in [-0.2, -0.15) is 0 Å². The SMILES string of the molecule is Cc1ccc(NC(=O)c2ccnc(Cl)c2)c(C2CCN(Cc3ccc(-c4ccc(F)cc4)cc3)CC2)n1. The first-order valence-electron chi connectivity index (χ1n) is 12.4. The summed E-state index contributed by atoms with van der Waals surface area (Å²) in [5.41, 5.74) is 6.43. The molecule has 0 spiro atoms. The van der Waals surface area contributed by atoms with E-state index in [9.17, 15) is 9.18 Å². The minimum Gasteiger partial charge on any atom is -0.320 e. The van der Waals surface area contributed by atoms with E-state index in [1.54, 1.807) is 24.3 Å². The van der Waals surface area contributed by atoms with Crippen LogP contribution in [-0.2, 0) is 6.54 Å². The molecular weight excluding hydrogens is 487 g/mol. The lowest BCUT2D eigenvalue weighted by Crippen LogP contribution is -2.33. The zero-order valence-electron chi connectivity index (χ0n) is 20.6. The number of carbonyl (C=O) groups excluding carboxylic acids is 1. The second-order valence-corrected chi connectivity index (χ2v) is 9.85. The molecule has 37 heavy (non-hydrogen) atoms. The summed E-state index contributed by atoms with van der Waals surface area (Å²) < 4.78 is 13.2. The number of nitrogens with one attached hydrogen (secondary N) is 1. The van der Waals surface area contributed by atoms with E-state index in [4.69, 9.17) is 16.6 Å². The second kappa shape index (κ2) is 11.2. The van der Waals surface area contributed by atoms with Gasteiger partial charge in [0.25, 0.3) is 5.91 Å². The quantitative estimate of drug-likeness (QED) is 0.285. The van der Waals surface area contributed by atoms with Gasteiger partial charge in [0.1, 0.15) is 11.0 Å². The van der Waals surface area contributed by atoms with Crippen LogP contribution in [-0.4, -0.2) is 33.9 Å². The summed E-state index contributed by atoms with van der Waals surface area (Å²) in [6, 6.07) is 22.1. The number of anilines is 1. The fraction of sp³-hybridized carbons (Fsp3) is 0.233. The number of carbonyl (C=O) groups is 1. The molecule has 0 saturated carbocycles. The average molecular weight is 515 g/mol. The van der Waals surface area contributed by atoms with Gasteiger partial charge in [0, 0.05) is 29.9 Å². The molecule has 2 aromatic heterocycles. The fourth-order valence-electron chi connectivity index (χ4n) is 4.80. The molecule has 188 valence electrons. The number of rotatable bonds is 6. The van der Waals surface area contributed by atoms with Crippen molar-refractivity contribution in [2.24, 2.45) is 0 Å². The molecule has 0 radical (unpaired) electrons. The van der Waals surface area contributed by atoms with E-state index in [0.717, 1.165) is 60.7 Å². The number of halogens is 2. The molecule has 0 atom stereocenters. The number of nitrogens with zero attached hydrogens (tertiary/aromatic N) is 3.